The predicted molar refractivity (Wildman–Crippen MR) is 42.8 cm³/mol. The number of aromatic nitrogens is 2. The van der Waals surface area contributed by atoms with Crippen LogP contribution in [0.1, 0.15) is 11.4 Å². The predicted octanol–water partition coefficient (Wildman–Crippen LogP) is 1.40. The summed E-state index contributed by atoms with van der Waals surface area (Å²) >= 11 is 0. The fourth-order valence-corrected chi connectivity index (χ4v) is 0.778. The molecule has 0 spiro atoms. The average Bonchev–Trinajstić information content (AvgIpc) is 2.04. The maximum atomic E-state index is 4.92. The zero-order valence-electron chi connectivity index (χ0n) is 6.66. The molecule has 0 aliphatic heterocycles. The van der Waals surface area contributed by atoms with Gasteiger partial charge in [-0.15, -0.1) is 0 Å². The van der Waals surface area contributed by atoms with Crippen LogP contribution in [0.2, 0.25) is 0 Å². The molecule has 1 aromatic rings. The highest BCUT2D eigenvalue weighted by molar-refractivity contribution is 5.54. The largest absolute Gasteiger partial charge is 0.495 e. The lowest BCUT2D eigenvalue weighted by atomic mass is 10.3. The third-order valence-corrected chi connectivity index (χ3v) is 1.39. The lowest BCUT2D eigenvalue weighted by molar-refractivity contribution is 0.369. The molecule has 1 heterocycles. The Morgan fingerprint density at radius 3 is 2.64 bits per heavy atom. The summed E-state index contributed by atoms with van der Waals surface area (Å²) < 4.78 is 4.92. The van der Waals surface area contributed by atoms with Crippen LogP contribution in [-0.2, 0) is 4.74 Å². The van der Waals surface area contributed by atoms with E-state index in [1.54, 1.807) is 19.5 Å². The monoisotopic (exact) mass is 150 g/mol. The van der Waals surface area contributed by atoms with Crippen LogP contribution in [0.15, 0.2) is 19.0 Å². The van der Waals surface area contributed by atoms with E-state index < -0.39 is 0 Å². The van der Waals surface area contributed by atoms with Crippen molar-refractivity contribution >= 4 is 5.76 Å². The molecule has 0 radical (unpaired) electrons. The molecule has 11 heavy (non-hydrogen) atoms. The quantitative estimate of drug-likeness (QED) is 0.598. The number of rotatable bonds is 2. The summed E-state index contributed by atoms with van der Waals surface area (Å²) in [6.07, 6.45) is 3.26. The molecule has 1 rings (SSSR count). The standard InChI is InChI=1S/C8H10N2O/c1-6-8(7(2)11-3)10-5-4-9-6/h4-5H,2H2,1,3H3. The van der Waals surface area contributed by atoms with Gasteiger partial charge in [0, 0.05) is 12.4 Å². The van der Waals surface area contributed by atoms with Gasteiger partial charge in [0.2, 0.25) is 0 Å². The molecule has 0 atom stereocenters. The van der Waals surface area contributed by atoms with E-state index in [0.29, 0.717) is 5.76 Å². The van der Waals surface area contributed by atoms with E-state index in [1.165, 1.54) is 0 Å². The molecule has 0 amide bonds. The van der Waals surface area contributed by atoms with Gasteiger partial charge in [-0.05, 0) is 6.92 Å². The van der Waals surface area contributed by atoms with Crippen LogP contribution in [0, 0.1) is 6.92 Å². The van der Waals surface area contributed by atoms with E-state index in [-0.39, 0.29) is 0 Å². The normalized spacial score (nSPS) is 9.27. The molecular formula is C8H10N2O. The fraction of sp³-hybridized carbons (Fsp3) is 0.250. The number of hydrogen-bond acceptors (Lipinski definition) is 3. The minimum absolute atomic E-state index is 0.551. The number of ether oxygens (including phenoxy) is 1. The summed E-state index contributed by atoms with van der Waals surface area (Å²) in [5, 5.41) is 0. The summed E-state index contributed by atoms with van der Waals surface area (Å²) in [5.41, 5.74) is 1.55. The zero-order valence-corrected chi connectivity index (χ0v) is 6.66. The lowest BCUT2D eigenvalue weighted by Crippen LogP contribution is -1.95. The highest BCUT2D eigenvalue weighted by atomic mass is 16.5. The van der Waals surface area contributed by atoms with Gasteiger partial charge in [0.25, 0.3) is 0 Å². The first kappa shape index (κ1) is 7.72. The van der Waals surface area contributed by atoms with Crippen molar-refractivity contribution in [2.45, 2.75) is 6.92 Å². The molecule has 0 fully saturated rings. The second kappa shape index (κ2) is 3.14. The van der Waals surface area contributed by atoms with Crippen molar-refractivity contribution in [1.82, 2.24) is 9.97 Å². The first-order valence-electron chi connectivity index (χ1n) is 3.26. The van der Waals surface area contributed by atoms with E-state index in [2.05, 4.69) is 16.5 Å². The lowest BCUT2D eigenvalue weighted by Gasteiger charge is -2.03. The SMILES string of the molecule is C=C(OC)c1nccnc1C. The van der Waals surface area contributed by atoms with E-state index >= 15 is 0 Å². The zero-order chi connectivity index (χ0) is 8.27. The summed E-state index contributed by atoms with van der Waals surface area (Å²) in [6.45, 7) is 5.55. The second-order valence-electron chi connectivity index (χ2n) is 2.12. The van der Waals surface area contributed by atoms with Crippen molar-refractivity contribution in [1.29, 1.82) is 0 Å². The van der Waals surface area contributed by atoms with Gasteiger partial charge >= 0.3 is 0 Å². The summed E-state index contributed by atoms with van der Waals surface area (Å²) in [5.74, 6) is 0.551. The molecule has 0 unspecified atom stereocenters. The van der Waals surface area contributed by atoms with Gasteiger partial charge < -0.3 is 4.74 Å². The van der Waals surface area contributed by atoms with E-state index in [0.717, 1.165) is 11.4 Å². The number of hydrogen-bond donors (Lipinski definition) is 0. The number of methoxy groups -OCH3 is 1. The summed E-state index contributed by atoms with van der Waals surface area (Å²) in [7, 11) is 1.57. The van der Waals surface area contributed by atoms with Crippen molar-refractivity contribution in [3.63, 3.8) is 0 Å². The molecule has 58 valence electrons. The molecular weight excluding hydrogens is 140 g/mol. The minimum atomic E-state index is 0.551. The first-order valence-corrected chi connectivity index (χ1v) is 3.26. The van der Waals surface area contributed by atoms with E-state index in [9.17, 15) is 0 Å². The Hall–Kier alpha value is -1.38. The van der Waals surface area contributed by atoms with Crippen molar-refractivity contribution in [3.05, 3.63) is 30.4 Å². The minimum Gasteiger partial charge on any atom is -0.495 e. The molecule has 0 bridgehead atoms. The molecule has 0 aliphatic carbocycles. The third-order valence-electron chi connectivity index (χ3n) is 1.39. The highest BCUT2D eigenvalue weighted by Crippen LogP contribution is 2.11. The summed E-state index contributed by atoms with van der Waals surface area (Å²) in [4.78, 5) is 8.11. The molecule has 0 saturated carbocycles. The van der Waals surface area contributed by atoms with Crippen LogP contribution in [0.3, 0.4) is 0 Å². The number of aryl methyl sites for hydroxylation is 1. The van der Waals surface area contributed by atoms with Crippen molar-refractivity contribution in [2.75, 3.05) is 7.11 Å². The molecule has 1 aromatic heterocycles. The Bertz CT molecular complexity index is 271. The Balaban J connectivity index is 3.03. The highest BCUT2D eigenvalue weighted by Gasteiger charge is 2.02. The first-order chi connectivity index (χ1) is 5.25. The van der Waals surface area contributed by atoms with Crippen LogP contribution in [0.4, 0.5) is 0 Å². The van der Waals surface area contributed by atoms with Gasteiger partial charge in [-0.2, -0.15) is 0 Å². The molecule has 3 nitrogen and oxygen atoms in total. The third kappa shape index (κ3) is 1.55. The van der Waals surface area contributed by atoms with Gasteiger partial charge in [-0.1, -0.05) is 6.58 Å². The molecule has 0 saturated heterocycles. The second-order valence-corrected chi connectivity index (χ2v) is 2.12. The smallest absolute Gasteiger partial charge is 0.139 e. The Morgan fingerprint density at radius 1 is 1.45 bits per heavy atom. The molecule has 3 heteroatoms. The van der Waals surface area contributed by atoms with Gasteiger partial charge in [0.1, 0.15) is 11.5 Å². The Morgan fingerprint density at radius 2 is 2.09 bits per heavy atom. The maximum absolute atomic E-state index is 4.92. The number of nitrogens with zero attached hydrogens (tertiary/aromatic N) is 2. The van der Waals surface area contributed by atoms with Crippen LogP contribution in [0.25, 0.3) is 5.76 Å². The Labute approximate surface area is 65.8 Å². The van der Waals surface area contributed by atoms with Gasteiger partial charge in [-0.3, -0.25) is 4.98 Å². The summed E-state index contributed by atoms with van der Waals surface area (Å²) in [6, 6.07) is 0. The van der Waals surface area contributed by atoms with Gasteiger partial charge in [0.15, 0.2) is 0 Å². The van der Waals surface area contributed by atoms with Gasteiger partial charge in [0.05, 0.1) is 12.8 Å². The van der Waals surface area contributed by atoms with Crippen molar-refractivity contribution < 1.29 is 4.74 Å². The Kier molecular flexibility index (Phi) is 2.21. The van der Waals surface area contributed by atoms with Crippen molar-refractivity contribution in [3.8, 4) is 0 Å². The molecule has 0 aromatic carbocycles. The average molecular weight is 150 g/mol. The van der Waals surface area contributed by atoms with E-state index in [1.807, 2.05) is 6.92 Å². The molecule has 0 N–H and O–H groups in total. The van der Waals surface area contributed by atoms with Crippen LogP contribution in [-0.4, -0.2) is 17.1 Å². The van der Waals surface area contributed by atoms with Crippen LogP contribution >= 0.6 is 0 Å². The van der Waals surface area contributed by atoms with Crippen molar-refractivity contribution in [2.24, 2.45) is 0 Å². The maximum Gasteiger partial charge on any atom is 0.139 e. The molecule has 0 aliphatic rings. The van der Waals surface area contributed by atoms with Crippen LogP contribution in [0.5, 0.6) is 0 Å². The topological polar surface area (TPSA) is 35.0 Å². The van der Waals surface area contributed by atoms with Crippen LogP contribution < -0.4 is 0 Å². The van der Waals surface area contributed by atoms with Gasteiger partial charge in [-0.25, -0.2) is 4.98 Å². The van der Waals surface area contributed by atoms with E-state index in [4.69, 9.17) is 4.74 Å². The fourth-order valence-electron chi connectivity index (χ4n) is 0.778.